The number of anilines is 1. The maximum absolute atomic E-state index is 14.1. The Morgan fingerprint density at radius 2 is 1.53 bits per heavy atom. The predicted molar refractivity (Wildman–Crippen MR) is 155 cm³/mol. The minimum Gasteiger partial charge on any atom is -0.355 e. The van der Waals surface area contributed by atoms with Gasteiger partial charge in [0.1, 0.15) is 12.6 Å². The third-order valence-corrected chi connectivity index (χ3v) is 7.84. The number of aryl methyl sites for hydroxylation is 2. The number of hydrogen-bond acceptors (Lipinski definition) is 4. The Morgan fingerprint density at radius 3 is 2.11 bits per heavy atom. The van der Waals surface area contributed by atoms with Crippen LogP contribution >= 0.6 is 15.9 Å². The lowest BCUT2D eigenvalue weighted by atomic mass is 10.0. The summed E-state index contributed by atoms with van der Waals surface area (Å²) in [5.74, 6) is -0.761. The highest BCUT2D eigenvalue weighted by atomic mass is 79.9. The number of carbonyl (C=O) groups excluding carboxylic acids is 2. The Balaban J connectivity index is 2.08. The fraction of sp³-hybridized carbons (Fsp3) is 0.310. The minimum atomic E-state index is -3.81. The Hall–Kier alpha value is -3.17. The lowest BCUT2D eigenvalue weighted by Gasteiger charge is -2.34. The van der Waals surface area contributed by atoms with Crippen molar-refractivity contribution >= 4 is 43.5 Å². The van der Waals surface area contributed by atoms with Crippen molar-refractivity contribution < 1.29 is 18.0 Å². The van der Waals surface area contributed by atoms with Crippen molar-refractivity contribution in [1.82, 2.24) is 10.2 Å². The molecule has 202 valence electrons. The zero-order chi connectivity index (χ0) is 27.9. The van der Waals surface area contributed by atoms with Crippen LogP contribution in [0.3, 0.4) is 0 Å². The van der Waals surface area contributed by atoms with Gasteiger partial charge in [-0.3, -0.25) is 13.9 Å². The molecule has 7 nitrogen and oxygen atoms in total. The van der Waals surface area contributed by atoms with Gasteiger partial charge in [-0.1, -0.05) is 76.6 Å². The Bertz CT molecular complexity index is 1360. The van der Waals surface area contributed by atoms with Crippen molar-refractivity contribution in [3.63, 3.8) is 0 Å². The molecule has 3 rings (SSSR count). The van der Waals surface area contributed by atoms with E-state index in [2.05, 4.69) is 21.2 Å². The number of sulfonamides is 1. The first kappa shape index (κ1) is 29.4. The molecule has 0 spiro atoms. The van der Waals surface area contributed by atoms with Gasteiger partial charge in [0, 0.05) is 24.0 Å². The highest BCUT2D eigenvalue weighted by Crippen LogP contribution is 2.27. The summed E-state index contributed by atoms with van der Waals surface area (Å²) < 4.78 is 27.9. The molecule has 0 aliphatic carbocycles. The van der Waals surface area contributed by atoms with Crippen LogP contribution in [0.5, 0.6) is 0 Å². The molecule has 1 N–H and O–H groups in total. The van der Waals surface area contributed by atoms with Gasteiger partial charge in [0.15, 0.2) is 0 Å². The van der Waals surface area contributed by atoms with Gasteiger partial charge in [0.25, 0.3) is 0 Å². The van der Waals surface area contributed by atoms with Crippen LogP contribution in [0, 0.1) is 13.8 Å². The molecule has 0 aliphatic rings. The fourth-order valence-corrected chi connectivity index (χ4v) is 5.86. The maximum Gasteiger partial charge on any atom is 0.244 e. The molecule has 0 aliphatic heterocycles. The third kappa shape index (κ3) is 7.68. The van der Waals surface area contributed by atoms with E-state index in [0.717, 1.165) is 37.3 Å². The number of nitrogens with one attached hydrogen (secondary N) is 1. The van der Waals surface area contributed by atoms with Crippen molar-refractivity contribution in [3.8, 4) is 0 Å². The normalized spacial score (nSPS) is 12.0. The summed E-state index contributed by atoms with van der Waals surface area (Å²) in [4.78, 5) is 28.9. The molecule has 0 aromatic heterocycles. The molecule has 3 aromatic rings. The lowest BCUT2D eigenvalue weighted by Crippen LogP contribution is -2.53. The van der Waals surface area contributed by atoms with Gasteiger partial charge in [-0.25, -0.2) is 8.42 Å². The number of hydrogen-bond donors (Lipinski definition) is 1. The quantitative estimate of drug-likeness (QED) is 0.349. The van der Waals surface area contributed by atoms with Crippen molar-refractivity contribution in [2.45, 2.75) is 39.8 Å². The number of likely N-dealkylation sites (N-methyl/N-ethyl adjacent to an activating group) is 1. The highest BCUT2D eigenvalue weighted by Gasteiger charge is 2.33. The Kier molecular flexibility index (Phi) is 10.1. The largest absolute Gasteiger partial charge is 0.355 e. The van der Waals surface area contributed by atoms with E-state index >= 15 is 0 Å². The number of para-hydroxylation sites is 1. The van der Waals surface area contributed by atoms with Crippen LogP contribution in [0.25, 0.3) is 0 Å². The van der Waals surface area contributed by atoms with Crippen molar-refractivity contribution in [3.05, 3.63) is 99.5 Å². The van der Waals surface area contributed by atoms with E-state index in [0.29, 0.717) is 12.2 Å². The van der Waals surface area contributed by atoms with Crippen LogP contribution in [0.15, 0.2) is 77.3 Å². The fourth-order valence-electron chi connectivity index (χ4n) is 4.45. The second-order valence-electron chi connectivity index (χ2n) is 9.26. The van der Waals surface area contributed by atoms with E-state index in [9.17, 15) is 18.0 Å². The van der Waals surface area contributed by atoms with E-state index in [1.54, 1.807) is 0 Å². The molecule has 0 heterocycles. The Labute approximate surface area is 234 Å². The molecule has 1 atom stereocenters. The first-order valence-corrected chi connectivity index (χ1v) is 15.0. The van der Waals surface area contributed by atoms with E-state index in [1.807, 2.05) is 93.6 Å². The first-order valence-electron chi connectivity index (χ1n) is 12.4. The molecule has 0 fully saturated rings. The number of halogens is 1. The van der Waals surface area contributed by atoms with Crippen LogP contribution < -0.4 is 9.62 Å². The third-order valence-electron chi connectivity index (χ3n) is 6.23. The zero-order valence-corrected chi connectivity index (χ0v) is 24.6. The number of amides is 2. The molecule has 38 heavy (non-hydrogen) atoms. The molecule has 0 saturated heterocycles. The van der Waals surface area contributed by atoms with E-state index in [4.69, 9.17) is 0 Å². The van der Waals surface area contributed by atoms with Gasteiger partial charge in [-0.05, 0) is 55.2 Å². The summed E-state index contributed by atoms with van der Waals surface area (Å²) in [5, 5.41) is 2.86. The molecule has 0 unspecified atom stereocenters. The molecule has 0 radical (unpaired) electrons. The molecule has 0 bridgehead atoms. The minimum absolute atomic E-state index is 0.136. The lowest BCUT2D eigenvalue weighted by molar-refractivity contribution is -0.140. The zero-order valence-electron chi connectivity index (χ0n) is 22.1. The van der Waals surface area contributed by atoms with Crippen molar-refractivity contribution in [2.24, 2.45) is 0 Å². The van der Waals surface area contributed by atoms with E-state index in [1.165, 1.54) is 4.90 Å². The Morgan fingerprint density at radius 1 is 0.921 bits per heavy atom. The standard InChI is InChI=1S/C29H34BrN3O4S/c1-5-31-29(35)26(18-23-13-7-6-8-14-23)32(19-24-15-10-16-25(30)17-24)27(34)20-33(38(4,36)37)28-21(2)11-9-12-22(28)3/h6-17,26H,5,18-20H2,1-4H3,(H,31,35)/t26-/m0/s1. The summed E-state index contributed by atoms with van der Waals surface area (Å²) in [6, 6.07) is 21.6. The van der Waals surface area contributed by atoms with E-state index in [-0.39, 0.29) is 18.9 Å². The van der Waals surface area contributed by atoms with Gasteiger partial charge >= 0.3 is 0 Å². The molecule has 3 aromatic carbocycles. The summed E-state index contributed by atoms with van der Waals surface area (Å²) in [6.07, 6.45) is 1.38. The summed E-state index contributed by atoms with van der Waals surface area (Å²) >= 11 is 3.48. The molecular weight excluding hydrogens is 566 g/mol. The number of carbonyl (C=O) groups is 2. The number of rotatable bonds is 11. The summed E-state index contributed by atoms with van der Waals surface area (Å²) in [6.45, 7) is 5.57. The van der Waals surface area contributed by atoms with Gasteiger partial charge in [0.2, 0.25) is 21.8 Å². The molecule has 9 heteroatoms. The predicted octanol–water partition coefficient (Wildman–Crippen LogP) is 4.61. The SMILES string of the molecule is CCNC(=O)[C@H](Cc1ccccc1)N(Cc1cccc(Br)c1)C(=O)CN(c1c(C)cccc1C)S(C)(=O)=O. The first-order chi connectivity index (χ1) is 18.0. The highest BCUT2D eigenvalue weighted by molar-refractivity contribution is 9.10. The van der Waals surface area contributed by atoms with Crippen molar-refractivity contribution in [2.75, 3.05) is 23.7 Å². The van der Waals surface area contributed by atoms with E-state index < -0.39 is 28.5 Å². The van der Waals surface area contributed by atoms with Crippen LogP contribution in [0.2, 0.25) is 0 Å². The topological polar surface area (TPSA) is 86.8 Å². The number of nitrogens with zero attached hydrogens (tertiary/aromatic N) is 2. The monoisotopic (exact) mass is 599 g/mol. The second-order valence-corrected chi connectivity index (χ2v) is 12.1. The summed E-state index contributed by atoms with van der Waals surface area (Å²) in [7, 11) is -3.81. The molecular formula is C29H34BrN3O4S. The van der Waals surface area contributed by atoms with Crippen LogP contribution in [0.4, 0.5) is 5.69 Å². The summed E-state index contributed by atoms with van der Waals surface area (Å²) in [5.41, 5.74) is 3.67. The average Bonchev–Trinajstić information content (AvgIpc) is 2.85. The van der Waals surface area contributed by atoms with Crippen LogP contribution in [-0.2, 0) is 32.6 Å². The number of benzene rings is 3. The van der Waals surface area contributed by atoms with Crippen molar-refractivity contribution in [1.29, 1.82) is 0 Å². The van der Waals surface area contributed by atoms with Gasteiger partial charge in [-0.2, -0.15) is 0 Å². The van der Waals surface area contributed by atoms with Gasteiger partial charge < -0.3 is 10.2 Å². The molecule has 0 saturated carbocycles. The average molecular weight is 601 g/mol. The molecule has 2 amide bonds. The smallest absolute Gasteiger partial charge is 0.244 e. The van der Waals surface area contributed by atoms with Gasteiger partial charge in [0.05, 0.1) is 11.9 Å². The van der Waals surface area contributed by atoms with Crippen LogP contribution in [0.1, 0.15) is 29.2 Å². The maximum atomic E-state index is 14.1. The second kappa shape index (κ2) is 13.1. The van der Waals surface area contributed by atoms with Gasteiger partial charge in [-0.15, -0.1) is 0 Å². The van der Waals surface area contributed by atoms with Crippen LogP contribution in [-0.4, -0.2) is 50.5 Å².